The Morgan fingerprint density at radius 3 is 1.62 bits per heavy atom. The summed E-state index contributed by atoms with van der Waals surface area (Å²) in [5.41, 5.74) is -0.311. The van der Waals surface area contributed by atoms with E-state index in [9.17, 15) is 9.59 Å². The number of rotatable bonds is 9. The maximum Gasteiger partial charge on any atom is 0.273 e. The first-order valence-electron chi connectivity index (χ1n) is 9.39. The van der Waals surface area contributed by atoms with Crippen LogP contribution in [0.5, 0.6) is 0 Å². The number of imide groups is 1. The molecule has 4 heteroatoms. The first-order valence-corrected chi connectivity index (χ1v) is 9.77. The lowest BCUT2D eigenvalue weighted by atomic mass is 9.73. The molecule has 0 saturated carbocycles. The van der Waals surface area contributed by atoms with Gasteiger partial charge in [-0.3, -0.25) is 14.5 Å². The summed E-state index contributed by atoms with van der Waals surface area (Å²) in [6, 6.07) is 0. The minimum Gasteiger partial charge on any atom is -0.269 e. The van der Waals surface area contributed by atoms with Gasteiger partial charge in [-0.15, -0.1) is 0 Å². The van der Waals surface area contributed by atoms with E-state index in [0.717, 1.165) is 51.4 Å². The highest BCUT2D eigenvalue weighted by Crippen LogP contribution is 2.46. The number of amides is 2. The van der Waals surface area contributed by atoms with E-state index in [2.05, 4.69) is 20.8 Å². The summed E-state index contributed by atoms with van der Waals surface area (Å²) in [5.74, 6) is -0.519. The van der Waals surface area contributed by atoms with Crippen molar-refractivity contribution in [3.05, 3.63) is 10.6 Å². The molecule has 0 bridgehead atoms. The first-order chi connectivity index (χ1) is 11.1. The second-order valence-corrected chi connectivity index (χ2v) is 8.66. The van der Waals surface area contributed by atoms with Gasteiger partial charge in [-0.25, -0.2) is 0 Å². The molecule has 0 saturated heterocycles. The lowest BCUT2D eigenvalue weighted by Crippen LogP contribution is -2.47. The van der Waals surface area contributed by atoms with Crippen LogP contribution in [0.3, 0.4) is 0 Å². The molecule has 0 spiro atoms. The van der Waals surface area contributed by atoms with Gasteiger partial charge in [0.25, 0.3) is 11.8 Å². The summed E-state index contributed by atoms with van der Waals surface area (Å²) in [7, 11) is 0. The number of carbonyl (C=O) groups is 2. The van der Waals surface area contributed by atoms with E-state index in [1.165, 1.54) is 4.90 Å². The number of hydrogen-bond donors (Lipinski definition) is 0. The highest BCUT2D eigenvalue weighted by Gasteiger charge is 2.49. The molecule has 1 aliphatic rings. The normalized spacial score (nSPS) is 16.5. The molecule has 0 radical (unpaired) electrons. The molecule has 0 unspecified atom stereocenters. The predicted molar refractivity (Wildman–Crippen MR) is 101 cm³/mol. The van der Waals surface area contributed by atoms with Crippen LogP contribution in [0.1, 0.15) is 92.9 Å². The summed E-state index contributed by atoms with van der Waals surface area (Å²) in [6.45, 7) is 12.1. The molecule has 0 aliphatic carbocycles. The van der Waals surface area contributed by atoms with Crippen molar-refractivity contribution in [2.75, 3.05) is 0 Å². The van der Waals surface area contributed by atoms with E-state index in [-0.39, 0.29) is 22.3 Å². The van der Waals surface area contributed by atoms with Gasteiger partial charge >= 0.3 is 0 Å². The standard InChI is InChI=1S/C20H34ClNO2/c1-7-9-11-13-20(6,14-12-10-8-2)15-16(21)18(24)22(17(15)23)19(3,4)5/h7-14H2,1-6H3. The van der Waals surface area contributed by atoms with Crippen molar-refractivity contribution in [2.24, 2.45) is 5.41 Å². The number of unbranched alkanes of at least 4 members (excludes halogenated alkanes) is 4. The van der Waals surface area contributed by atoms with Crippen LogP contribution in [0, 0.1) is 5.41 Å². The van der Waals surface area contributed by atoms with Crippen molar-refractivity contribution in [2.45, 2.75) is 98.4 Å². The van der Waals surface area contributed by atoms with E-state index in [4.69, 9.17) is 11.6 Å². The zero-order valence-corrected chi connectivity index (χ0v) is 17.1. The van der Waals surface area contributed by atoms with Gasteiger partial charge in [-0.05, 0) is 39.0 Å². The minimum atomic E-state index is -0.552. The van der Waals surface area contributed by atoms with Crippen LogP contribution < -0.4 is 0 Å². The van der Waals surface area contributed by atoms with Crippen LogP contribution in [0.25, 0.3) is 0 Å². The number of halogens is 1. The summed E-state index contributed by atoms with van der Waals surface area (Å²) in [6.07, 6.45) is 8.49. The van der Waals surface area contributed by atoms with Gasteiger partial charge in [0.15, 0.2) is 0 Å². The van der Waals surface area contributed by atoms with Crippen molar-refractivity contribution >= 4 is 23.4 Å². The van der Waals surface area contributed by atoms with Gasteiger partial charge in [0, 0.05) is 11.1 Å². The van der Waals surface area contributed by atoms with E-state index >= 15 is 0 Å². The van der Waals surface area contributed by atoms with Gasteiger partial charge in [0.2, 0.25) is 0 Å². The summed E-state index contributed by atoms with van der Waals surface area (Å²) < 4.78 is 0. The van der Waals surface area contributed by atoms with Crippen LogP contribution in [-0.4, -0.2) is 22.3 Å². The Hall–Kier alpha value is -0.830. The predicted octanol–water partition coefficient (Wildman–Crippen LogP) is 5.81. The van der Waals surface area contributed by atoms with Crippen molar-refractivity contribution in [1.29, 1.82) is 0 Å². The smallest absolute Gasteiger partial charge is 0.269 e. The molecule has 1 heterocycles. The number of carbonyl (C=O) groups excluding carboxylic acids is 2. The van der Waals surface area contributed by atoms with Gasteiger partial charge < -0.3 is 0 Å². The van der Waals surface area contributed by atoms with Gasteiger partial charge in [-0.2, -0.15) is 0 Å². The van der Waals surface area contributed by atoms with E-state index in [1.807, 2.05) is 20.8 Å². The highest BCUT2D eigenvalue weighted by atomic mass is 35.5. The average molecular weight is 356 g/mol. The molecule has 3 nitrogen and oxygen atoms in total. The summed E-state index contributed by atoms with van der Waals surface area (Å²) in [4.78, 5) is 27.0. The number of nitrogens with zero attached hydrogens (tertiary/aromatic N) is 1. The summed E-state index contributed by atoms with van der Waals surface area (Å²) >= 11 is 6.40. The Morgan fingerprint density at radius 1 is 0.833 bits per heavy atom. The maximum absolute atomic E-state index is 13.0. The SMILES string of the molecule is CCCCCC(C)(CCCCC)C1=C(Cl)C(=O)N(C(C)(C)C)C1=O. The fourth-order valence-electron chi connectivity index (χ4n) is 3.54. The molecule has 0 atom stereocenters. The molecule has 0 N–H and O–H groups in total. The topological polar surface area (TPSA) is 37.4 Å². The van der Waals surface area contributed by atoms with Gasteiger partial charge in [0.05, 0.1) is 0 Å². The Bertz CT molecular complexity index is 492. The first kappa shape index (κ1) is 21.2. The van der Waals surface area contributed by atoms with Crippen molar-refractivity contribution in [3.63, 3.8) is 0 Å². The fraction of sp³-hybridized carbons (Fsp3) is 0.800. The highest BCUT2D eigenvalue weighted by molar-refractivity contribution is 6.48. The summed E-state index contributed by atoms with van der Waals surface area (Å²) in [5, 5.41) is 0.144. The van der Waals surface area contributed by atoms with Crippen LogP contribution in [-0.2, 0) is 9.59 Å². The second-order valence-electron chi connectivity index (χ2n) is 8.28. The van der Waals surface area contributed by atoms with Crippen molar-refractivity contribution < 1.29 is 9.59 Å². The second kappa shape index (κ2) is 8.51. The van der Waals surface area contributed by atoms with Crippen LogP contribution in [0.4, 0.5) is 0 Å². The van der Waals surface area contributed by atoms with Crippen molar-refractivity contribution in [1.82, 2.24) is 4.90 Å². The molecule has 1 aliphatic heterocycles. The largest absolute Gasteiger partial charge is 0.273 e. The van der Waals surface area contributed by atoms with Crippen LogP contribution in [0.15, 0.2) is 10.6 Å². The maximum atomic E-state index is 13.0. The monoisotopic (exact) mass is 355 g/mol. The van der Waals surface area contributed by atoms with Crippen molar-refractivity contribution in [3.8, 4) is 0 Å². The molecule has 2 amide bonds. The van der Waals surface area contributed by atoms with Gasteiger partial charge in [-0.1, -0.05) is 70.9 Å². The van der Waals surface area contributed by atoms with E-state index < -0.39 is 5.54 Å². The third-order valence-corrected chi connectivity index (χ3v) is 5.32. The zero-order valence-electron chi connectivity index (χ0n) is 16.3. The Balaban J connectivity index is 3.15. The third kappa shape index (κ3) is 4.62. The molecule has 1 rings (SSSR count). The lowest BCUT2D eigenvalue weighted by molar-refractivity contribution is -0.143. The molecule has 138 valence electrons. The molecule has 0 aromatic heterocycles. The average Bonchev–Trinajstić information content (AvgIpc) is 2.69. The Labute approximate surface area is 152 Å². The molecule has 24 heavy (non-hydrogen) atoms. The lowest BCUT2D eigenvalue weighted by Gasteiger charge is -2.34. The Kier molecular flexibility index (Phi) is 7.52. The quantitative estimate of drug-likeness (QED) is 0.386. The zero-order chi connectivity index (χ0) is 18.5. The molecular weight excluding hydrogens is 322 g/mol. The van der Waals surface area contributed by atoms with Crippen LogP contribution >= 0.6 is 11.6 Å². The van der Waals surface area contributed by atoms with Crippen LogP contribution in [0.2, 0.25) is 0 Å². The fourth-order valence-corrected chi connectivity index (χ4v) is 3.93. The third-order valence-electron chi connectivity index (χ3n) is 4.97. The Morgan fingerprint density at radius 2 is 1.29 bits per heavy atom. The number of hydrogen-bond acceptors (Lipinski definition) is 2. The van der Waals surface area contributed by atoms with E-state index in [0.29, 0.717) is 5.57 Å². The van der Waals surface area contributed by atoms with Gasteiger partial charge in [0.1, 0.15) is 5.03 Å². The molecule has 0 aromatic rings. The molecule has 0 fully saturated rings. The molecule has 0 aromatic carbocycles. The minimum absolute atomic E-state index is 0.144. The van der Waals surface area contributed by atoms with E-state index in [1.54, 1.807) is 0 Å². The molecular formula is C20H34ClNO2.